The van der Waals surface area contributed by atoms with Gasteiger partial charge in [-0.15, -0.1) is 0 Å². The molecular formula is C48H64N2O9Si4. The summed E-state index contributed by atoms with van der Waals surface area (Å²) in [4.78, 5) is 57.0. The van der Waals surface area contributed by atoms with E-state index in [1.54, 1.807) is 61.7 Å². The normalized spacial score (nSPS) is 14.5. The number of ether oxygens (including phenoxy) is 2. The van der Waals surface area contributed by atoms with Crippen LogP contribution in [0.1, 0.15) is 83.8 Å². The number of unbranched alkanes of at least 4 members (excludes halogenated alkanes) is 2. The molecule has 6 rings (SSSR count). The van der Waals surface area contributed by atoms with Gasteiger partial charge < -0.3 is 21.8 Å². The molecule has 2 aliphatic heterocycles. The molecule has 336 valence electrons. The number of aryl methyl sites for hydroxylation is 3. The van der Waals surface area contributed by atoms with E-state index in [4.69, 9.17) is 21.8 Å². The third kappa shape index (κ3) is 11.3. The summed E-state index contributed by atoms with van der Waals surface area (Å²) in [7, 11) is -6.99. The van der Waals surface area contributed by atoms with Crippen LogP contribution in [-0.2, 0) is 17.1 Å². The first-order valence-electron chi connectivity index (χ1n) is 22.0. The van der Waals surface area contributed by atoms with Crippen molar-refractivity contribution in [2.75, 3.05) is 30.1 Å². The zero-order valence-electron chi connectivity index (χ0n) is 39.2. The second-order valence-electron chi connectivity index (χ2n) is 19.0. The zero-order valence-corrected chi connectivity index (χ0v) is 43.2. The van der Waals surface area contributed by atoms with Crippen LogP contribution in [-0.4, -0.2) is 77.7 Å². The maximum Gasteiger partial charge on any atom is 0.312 e. The van der Waals surface area contributed by atoms with Crippen molar-refractivity contribution in [1.29, 1.82) is 0 Å². The molecule has 0 unspecified atom stereocenters. The molecule has 0 aliphatic carbocycles. The molecule has 0 saturated heterocycles. The minimum Gasteiger partial charge on any atom is -0.494 e. The Morgan fingerprint density at radius 2 is 0.921 bits per heavy atom. The maximum atomic E-state index is 13.9. The highest BCUT2D eigenvalue weighted by Gasteiger charge is 2.44. The fourth-order valence-corrected chi connectivity index (χ4v) is 28.5. The summed E-state index contributed by atoms with van der Waals surface area (Å²) in [5, 5.41) is 0. The van der Waals surface area contributed by atoms with Crippen molar-refractivity contribution in [3.05, 3.63) is 112 Å². The molecular weight excluding hydrogens is 861 g/mol. The van der Waals surface area contributed by atoms with Crippen molar-refractivity contribution < 1.29 is 41.0 Å². The molecule has 0 atom stereocenters. The summed E-state index contributed by atoms with van der Waals surface area (Å²) >= 11 is 0. The van der Waals surface area contributed by atoms with Crippen LogP contribution >= 0.6 is 0 Å². The van der Waals surface area contributed by atoms with Gasteiger partial charge in [-0.25, -0.2) is 9.80 Å². The monoisotopic (exact) mass is 924 g/mol. The Labute approximate surface area is 377 Å². The lowest BCUT2D eigenvalue weighted by atomic mass is 9.97. The Kier molecular flexibility index (Phi) is 14.5. The molecule has 11 nitrogen and oxygen atoms in total. The minimum atomic E-state index is -2.44. The van der Waals surface area contributed by atoms with E-state index in [0.29, 0.717) is 51.5 Å². The van der Waals surface area contributed by atoms with Crippen molar-refractivity contribution in [3.8, 4) is 16.9 Å². The number of fused-ring (bicyclic) bond motifs is 2. The Morgan fingerprint density at radius 3 is 1.38 bits per heavy atom. The molecule has 2 heterocycles. The van der Waals surface area contributed by atoms with E-state index >= 15 is 0 Å². The number of amides is 4. The predicted octanol–water partition coefficient (Wildman–Crippen LogP) is 11.3. The second-order valence-corrected chi connectivity index (χ2v) is 35.1. The third-order valence-corrected chi connectivity index (χ3v) is 26.9. The van der Waals surface area contributed by atoms with E-state index in [0.717, 1.165) is 61.1 Å². The molecule has 0 spiro atoms. The Morgan fingerprint density at radius 1 is 0.476 bits per heavy atom. The van der Waals surface area contributed by atoms with Crippen molar-refractivity contribution in [1.82, 2.24) is 0 Å². The lowest BCUT2D eigenvalue weighted by Gasteiger charge is -2.41. The van der Waals surface area contributed by atoms with Crippen LogP contribution in [0.5, 0.6) is 5.75 Å². The second kappa shape index (κ2) is 19.0. The van der Waals surface area contributed by atoms with Gasteiger partial charge in [-0.3, -0.25) is 19.2 Å². The SMILES string of the molecule is COCCCC[Si](C)(C)O[Si](C)(C)O[Si](C)(C)O[Si](C)(C)CCCCOc1ccc(N2C(=O)c3ccc(-c4ccc5c(c4)C(=O)N(c4ccc(C)cc4C)C5=O)cc3C2=O)c(C)c1. The van der Waals surface area contributed by atoms with Gasteiger partial charge in [0.15, 0.2) is 16.6 Å². The summed E-state index contributed by atoms with van der Waals surface area (Å²) in [6, 6.07) is 23.3. The van der Waals surface area contributed by atoms with Crippen LogP contribution in [0.25, 0.3) is 11.1 Å². The van der Waals surface area contributed by atoms with Gasteiger partial charge in [0.2, 0.25) is 0 Å². The van der Waals surface area contributed by atoms with Crippen LogP contribution < -0.4 is 14.5 Å². The van der Waals surface area contributed by atoms with E-state index in [1.165, 1.54) is 9.80 Å². The molecule has 15 heteroatoms. The van der Waals surface area contributed by atoms with Crippen molar-refractivity contribution in [2.24, 2.45) is 0 Å². The molecule has 63 heavy (non-hydrogen) atoms. The number of nitrogens with zero attached hydrogens (tertiary/aromatic N) is 2. The summed E-state index contributed by atoms with van der Waals surface area (Å²) in [5.41, 5.74) is 6.17. The summed E-state index contributed by atoms with van der Waals surface area (Å²) in [6.45, 7) is 24.7. The third-order valence-electron chi connectivity index (χ3n) is 11.5. The van der Waals surface area contributed by atoms with Crippen molar-refractivity contribution in [3.63, 3.8) is 0 Å². The molecule has 0 bridgehead atoms. The van der Waals surface area contributed by atoms with E-state index in [-0.39, 0.29) is 11.5 Å². The Bertz CT molecular complexity index is 2410. The van der Waals surface area contributed by atoms with E-state index in [2.05, 4.69) is 52.4 Å². The molecule has 4 aromatic carbocycles. The van der Waals surface area contributed by atoms with Crippen molar-refractivity contribution in [2.45, 2.75) is 111 Å². The summed E-state index contributed by atoms with van der Waals surface area (Å²) in [5.74, 6) is -0.928. The lowest BCUT2D eigenvalue weighted by Crippen LogP contribution is -2.56. The van der Waals surface area contributed by atoms with Gasteiger partial charge in [-0.2, -0.15) is 0 Å². The Balaban J connectivity index is 1.02. The van der Waals surface area contributed by atoms with Gasteiger partial charge in [0.1, 0.15) is 5.75 Å². The van der Waals surface area contributed by atoms with Gasteiger partial charge in [-0.05, 0) is 169 Å². The standard InChI is InChI=1S/C48H64N2O9Si4/c1-33-17-23-43(34(2)29-33)49-45(51)39-21-18-36(31-41(39)47(49)53)37-19-22-40-42(32-37)48(54)50(46(40)52)44-24-20-38(30-35(44)3)56-26-14-16-28-61(7,8)58-63(11,12)59-62(9,10)57-60(5,6)27-15-13-25-55-4/h17-24,29-32H,13-16,25-28H2,1-12H3. The number of benzene rings is 4. The zero-order chi connectivity index (χ0) is 46.1. The Hall–Kier alpha value is -4.33. The first kappa shape index (κ1) is 48.1. The minimum absolute atomic E-state index is 0.277. The number of anilines is 2. The summed E-state index contributed by atoms with van der Waals surface area (Å²) < 4.78 is 31.7. The number of hydrogen-bond acceptors (Lipinski definition) is 9. The van der Waals surface area contributed by atoms with Crippen LogP contribution in [0.3, 0.4) is 0 Å². The van der Waals surface area contributed by atoms with E-state index in [1.807, 2.05) is 39.0 Å². The molecule has 4 amide bonds. The predicted molar refractivity (Wildman–Crippen MR) is 260 cm³/mol. The topological polar surface area (TPSA) is 121 Å². The highest BCUT2D eigenvalue weighted by atomic mass is 28.5. The van der Waals surface area contributed by atoms with Crippen LogP contribution in [0.15, 0.2) is 72.8 Å². The highest BCUT2D eigenvalue weighted by molar-refractivity contribution is 6.89. The quantitative estimate of drug-likeness (QED) is 0.0484. The average molecular weight is 925 g/mol. The van der Waals surface area contributed by atoms with Crippen LogP contribution in [0.2, 0.25) is 64.5 Å². The maximum absolute atomic E-state index is 13.9. The number of hydrogen-bond donors (Lipinski definition) is 0. The fourth-order valence-electron chi connectivity index (χ4n) is 9.01. The summed E-state index contributed by atoms with van der Waals surface area (Å²) in [6.07, 6.45) is 3.97. The lowest BCUT2D eigenvalue weighted by molar-refractivity contribution is 0.0910. The number of imide groups is 2. The first-order chi connectivity index (χ1) is 29.5. The molecule has 0 fully saturated rings. The fraction of sp³-hybridized carbons (Fsp3) is 0.417. The molecule has 0 radical (unpaired) electrons. The van der Waals surface area contributed by atoms with Crippen LogP contribution in [0.4, 0.5) is 11.4 Å². The number of carbonyl (C=O) groups is 4. The van der Waals surface area contributed by atoms with Gasteiger partial charge in [-0.1, -0.05) is 42.7 Å². The van der Waals surface area contributed by atoms with Gasteiger partial charge >= 0.3 is 17.1 Å². The van der Waals surface area contributed by atoms with Gasteiger partial charge in [0, 0.05) is 13.7 Å². The molecule has 0 N–H and O–H groups in total. The van der Waals surface area contributed by atoms with Crippen LogP contribution in [0, 0.1) is 20.8 Å². The molecule has 0 saturated carbocycles. The van der Waals surface area contributed by atoms with Crippen molar-refractivity contribution >= 4 is 68.8 Å². The van der Waals surface area contributed by atoms with E-state index < -0.39 is 51.5 Å². The molecule has 2 aliphatic rings. The van der Waals surface area contributed by atoms with E-state index in [9.17, 15) is 19.2 Å². The molecule has 0 aromatic heterocycles. The van der Waals surface area contributed by atoms with Gasteiger partial charge in [0.25, 0.3) is 23.6 Å². The molecule has 4 aromatic rings. The first-order valence-corrected chi connectivity index (χ1v) is 33.8. The number of rotatable bonds is 20. The average Bonchev–Trinajstić information content (AvgIpc) is 3.57. The number of carbonyl (C=O) groups excluding carboxylic acids is 4. The largest absolute Gasteiger partial charge is 0.494 e. The number of methoxy groups -OCH3 is 1. The smallest absolute Gasteiger partial charge is 0.312 e. The highest BCUT2D eigenvalue weighted by Crippen LogP contribution is 2.37. The van der Waals surface area contributed by atoms with Gasteiger partial charge in [0.05, 0.1) is 40.2 Å².